The summed E-state index contributed by atoms with van der Waals surface area (Å²) in [6.07, 6.45) is 0. The molecule has 0 saturated carbocycles. The Morgan fingerprint density at radius 2 is 1.66 bits per heavy atom. The minimum Gasteiger partial charge on any atom is -0.506 e. The first-order chi connectivity index (χ1) is 22.8. The van der Waals surface area contributed by atoms with Crippen molar-refractivity contribution in [2.75, 3.05) is 12.4 Å². The number of carbonyl (C=O) groups excluding carboxylic acids is 1. The Kier molecular flexibility index (Phi) is 8.84. The predicted octanol–water partition coefficient (Wildman–Crippen LogP) is 6.54. The molecule has 0 saturated heterocycles. The number of para-hydroxylation sites is 2. The normalized spacial score (nSPS) is 10.9. The summed E-state index contributed by atoms with van der Waals surface area (Å²) in [5, 5.41) is 49.0. The maximum atomic E-state index is 13.2. The Balaban J connectivity index is 1.24. The number of anilines is 1. The van der Waals surface area contributed by atoms with E-state index in [1.807, 2.05) is 24.3 Å². The molecule has 3 N–H and O–H groups in total. The van der Waals surface area contributed by atoms with Gasteiger partial charge in [0.15, 0.2) is 0 Å². The molecule has 0 aliphatic carbocycles. The summed E-state index contributed by atoms with van der Waals surface area (Å²) in [6.45, 7) is 0.430. The summed E-state index contributed by atoms with van der Waals surface area (Å²) >= 11 is 1.32. The largest absolute Gasteiger partial charge is 0.506 e. The van der Waals surface area contributed by atoms with E-state index in [0.29, 0.717) is 33.8 Å². The van der Waals surface area contributed by atoms with Gasteiger partial charge in [0.05, 0.1) is 29.8 Å². The highest BCUT2D eigenvalue weighted by atomic mass is 32.2. The van der Waals surface area contributed by atoms with Crippen molar-refractivity contribution >= 4 is 39.8 Å². The van der Waals surface area contributed by atoms with Crippen molar-refractivity contribution in [3.63, 3.8) is 0 Å². The van der Waals surface area contributed by atoms with E-state index in [9.17, 15) is 25.1 Å². The predicted molar refractivity (Wildman–Crippen MR) is 174 cm³/mol. The van der Waals surface area contributed by atoms with Crippen molar-refractivity contribution in [1.82, 2.24) is 20.2 Å². The number of benzene rings is 5. The summed E-state index contributed by atoms with van der Waals surface area (Å²) in [6, 6.07) is 26.3. The number of hydrogen-bond acceptors (Lipinski definition) is 11. The number of methoxy groups -OCH3 is 1. The van der Waals surface area contributed by atoms with Gasteiger partial charge in [-0.15, -0.1) is 5.10 Å². The summed E-state index contributed by atoms with van der Waals surface area (Å²) in [4.78, 5) is 24.8. The highest BCUT2D eigenvalue weighted by Crippen LogP contribution is 2.41. The van der Waals surface area contributed by atoms with Crippen molar-refractivity contribution in [3.8, 4) is 28.7 Å². The number of amides is 1. The number of carbonyl (C=O) groups is 1. The number of tetrazole rings is 1. The Labute approximate surface area is 271 Å². The average Bonchev–Trinajstić information content (AvgIpc) is 3.53. The van der Waals surface area contributed by atoms with Crippen LogP contribution in [0.4, 0.5) is 11.4 Å². The lowest BCUT2D eigenvalue weighted by Crippen LogP contribution is -2.12. The van der Waals surface area contributed by atoms with Crippen LogP contribution in [-0.4, -0.2) is 48.4 Å². The molecule has 0 radical (unpaired) electrons. The third-order valence-electron chi connectivity index (χ3n) is 7.17. The van der Waals surface area contributed by atoms with Gasteiger partial charge in [0, 0.05) is 22.6 Å². The van der Waals surface area contributed by atoms with Crippen LogP contribution in [-0.2, 0) is 12.3 Å². The third kappa shape index (κ3) is 6.77. The quantitative estimate of drug-likeness (QED) is 0.0601. The number of nitrogens with zero attached hydrogens (tertiary/aromatic N) is 5. The first kappa shape index (κ1) is 30.9. The van der Waals surface area contributed by atoms with Crippen molar-refractivity contribution in [1.29, 1.82) is 0 Å². The topological polar surface area (TPSA) is 175 Å². The third-order valence-corrected chi connectivity index (χ3v) is 8.20. The number of thioether (sulfide) groups is 1. The minimum atomic E-state index is -0.712. The molecule has 0 aliphatic rings. The smallest absolute Gasteiger partial charge is 0.311 e. The number of aromatic nitrogens is 4. The van der Waals surface area contributed by atoms with Crippen LogP contribution in [0, 0.1) is 10.1 Å². The lowest BCUT2D eigenvalue weighted by molar-refractivity contribution is -0.385. The van der Waals surface area contributed by atoms with Gasteiger partial charge in [0.1, 0.15) is 23.0 Å². The number of rotatable bonds is 11. The fraction of sp³-hybridized carbons (Fsp3) is 0.0909. The molecule has 0 bridgehead atoms. The zero-order valence-corrected chi connectivity index (χ0v) is 25.5. The molecule has 0 aliphatic heterocycles. The van der Waals surface area contributed by atoms with Gasteiger partial charge in [-0.25, -0.2) is 4.68 Å². The Hall–Kier alpha value is -6.15. The standard InChI is InChI=1S/C33H26N6O7S/c1-45-22-13-10-20(11-14-22)18-38-33(35-36-37-38)47-19-21-12-15-29(27(16-21)39(43)44)46-30-17-25(31(41)24-7-3-2-6-23(24)30)32(42)34-26-8-4-5-9-28(26)40/h2-17,40-41H,18-19H2,1H3,(H,34,42). The zero-order valence-electron chi connectivity index (χ0n) is 24.7. The molecule has 13 nitrogen and oxygen atoms in total. The molecular formula is C33H26N6O7S. The van der Waals surface area contributed by atoms with Gasteiger partial charge >= 0.3 is 5.69 Å². The molecule has 1 heterocycles. The van der Waals surface area contributed by atoms with Crippen molar-refractivity contribution in [2.24, 2.45) is 0 Å². The van der Waals surface area contributed by atoms with Crippen LogP contribution in [0.15, 0.2) is 102 Å². The maximum Gasteiger partial charge on any atom is 0.311 e. The van der Waals surface area contributed by atoms with E-state index in [0.717, 1.165) is 11.3 Å². The molecule has 1 aromatic heterocycles. The second kappa shape index (κ2) is 13.5. The molecule has 1 amide bonds. The zero-order chi connectivity index (χ0) is 32.9. The highest BCUT2D eigenvalue weighted by Gasteiger charge is 2.23. The van der Waals surface area contributed by atoms with Gasteiger partial charge in [-0.3, -0.25) is 14.9 Å². The molecule has 0 unspecified atom stereocenters. The van der Waals surface area contributed by atoms with Crippen molar-refractivity contribution in [2.45, 2.75) is 17.5 Å². The van der Waals surface area contributed by atoms with Gasteiger partial charge < -0.3 is 25.0 Å². The van der Waals surface area contributed by atoms with Gasteiger partial charge in [-0.05, 0) is 58.0 Å². The molecule has 236 valence electrons. The molecule has 0 spiro atoms. The summed E-state index contributed by atoms with van der Waals surface area (Å²) in [5.41, 5.74) is 1.30. The maximum absolute atomic E-state index is 13.2. The summed E-state index contributed by atoms with van der Waals surface area (Å²) in [7, 11) is 1.60. The number of fused-ring (bicyclic) bond motifs is 1. The van der Waals surface area contributed by atoms with Crippen molar-refractivity contribution in [3.05, 3.63) is 124 Å². The molecular weight excluding hydrogens is 624 g/mol. The second-order valence-electron chi connectivity index (χ2n) is 10.2. The Morgan fingerprint density at radius 1 is 0.936 bits per heavy atom. The number of nitro benzene ring substituents is 1. The summed E-state index contributed by atoms with van der Waals surface area (Å²) < 4.78 is 12.9. The van der Waals surface area contributed by atoms with E-state index in [1.54, 1.807) is 54.3 Å². The van der Waals surface area contributed by atoms with E-state index in [4.69, 9.17) is 9.47 Å². The molecule has 5 aromatic carbocycles. The molecule has 6 aromatic rings. The molecule has 6 rings (SSSR count). The molecule has 47 heavy (non-hydrogen) atoms. The van der Waals surface area contributed by atoms with Crippen LogP contribution in [0.3, 0.4) is 0 Å². The number of phenolic OH excluding ortho intramolecular Hbond substituents is 2. The second-order valence-corrected chi connectivity index (χ2v) is 11.1. The van der Waals surface area contributed by atoms with E-state index < -0.39 is 10.8 Å². The van der Waals surface area contributed by atoms with E-state index in [2.05, 4.69) is 20.8 Å². The number of nitro groups is 1. The lowest BCUT2D eigenvalue weighted by atomic mass is 10.0. The SMILES string of the molecule is COc1ccc(Cn2nnnc2SCc2ccc(Oc3cc(C(=O)Nc4ccccc4O)c(O)c4ccccc34)c([N+](=O)[O-])c2)cc1. The number of nitrogens with one attached hydrogen (secondary N) is 1. The lowest BCUT2D eigenvalue weighted by Gasteiger charge is -2.15. The van der Waals surface area contributed by atoms with Crippen LogP contribution >= 0.6 is 11.8 Å². The number of aromatic hydroxyl groups is 2. The highest BCUT2D eigenvalue weighted by molar-refractivity contribution is 7.98. The Bertz CT molecular complexity index is 2100. The monoisotopic (exact) mass is 650 g/mol. The molecule has 14 heteroatoms. The van der Waals surface area contributed by atoms with Crippen molar-refractivity contribution < 1.29 is 29.4 Å². The fourth-order valence-corrected chi connectivity index (χ4v) is 5.62. The fourth-order valence-electron chi connectivity index (χ4n) is 4.80. The average molecular weight is 651 g/mol. The van der Waals surface area contributed by atoms with Crippen LogP contribution in [0.5, 0.6) is 28.7 Å². The minimum absolute atomic E-state index is 0.0593. The summed E-state index contributed by atoms with van der Waals surface area (Å²) in [5.74, 6) is -0.0428. The van der Waals surface area contributed by atoms with Gasteiger partial charge in [0.2, 0.25) is 10.9 Å². The van der Waals surface area contributed by atoms with Gasteiger partial charge in [-0.2, -0.15) is 0 Å². The van der Waals surface area contributed by atoms with E-state index in [-0.39, 0.29) is 39.9 Å². The van der Waals surface area contributed by atoms with E-state index >= 15 is 0 Å². The number of phenols is 2. The van der Waals surface area contributed by atoms with Crippen LogP contribution in [0.2, 0.25) is 0 Å². The van der Waals surface area contributed by atoms with Crippen LogP contribution < -0.4 is 14.8 Å². The van der Waals surface area contributed by atoms with E-state index in [1.165, 1.54) is 42.1 Å². The number of hydrogen-bond donors (Lipinski definition) is 3. The molecule has 0 fully saturated rings. The van der Waals surface area contributed by atoms with Crippen LogP contribution in [0.1, 0.15) is 21.5 Å². The number of ether oxygens (including phenoxy) is 2. The Morgan fingerprint density at radius 3 is 2.40 bits per heavy atom. The first-order valence-electron chi connectivity index (χ1n) is 14.1. The van der Waals surface area contributed by atoms with Crippen LogP contribution in [0.25, 0.3) is 10.8 Å². The van der Waals surface area contributed by atoms with Gasteiger partial charge in [0.25, 0.3) is 5.91 Å². The van der Waals surface area contributed by atoms with Gasteiger partial charge in [-0.1, -0.05) is 66.4 Å². The first-order valence-corrected chi connectivity index (χ1v) is 15.1. The molecule has 0 atom stereocenters.